The molecule has 1 aliphatic heterocycles. The molecule has 0 saturated carbocycles. The van der Waals surface area contributed by atoms with E-state index in [0.717, 1.165) is 18.5 Å². The van der Waals surface area contributed by atoms with E-state index in [0.29, 0.717) is 31.0 Å². The molecule has 1 aliphatic rings. The summed E-state index contributed by atoms with van der Waals surface area (Å²) < 4.78 is 18.7. The number of carbonyl (C=O) groups excluding carboxylic acids is 1. The second-order valence-corrected chi connectivity index (χ2v) is 6.81. The second kappa shape index (κ2) is 8.21. The highest BCUT2D eigenvalue weighted by Crippen LogP contribution is 2.23. The minimum absolute atomic E-state index is 0.102. The van der Waals surface area contributed by atoms with Crippen LogP contribution in [0, 0.1) is 5.82 Å². The monoisotopic (exact) mass is 376 g/mol. The molecule has 4 nitrogen and oxygen atoms in total. The first-order valence-corrected chi connectivity index (χ1v) is 9.42. The molecule has 5 heteroatoms. The van der Waals surface area contributed by atoms with Gasteiger partial charge in [-0.15, -0.1) is 0 Å². The average molecular weight is 376 g/mol. The van der Waals surface area contributed by atoms with E-state index in [1.807, 2.05) is 23.1 Å². The summed E-state index contributed by atoms with van der Waals surface area (Å²) in [5.74, 6) is 0.908. The van der Waals surface area contributed by atoms with Crippen molar-refractivity contribution in [3.63, 3.8) is 0 Å². The molecular formula is C23H21FN2O2. The number of hydrogen-bond donors (Lipinski definition) is 0. The van der Waals surface area contributed by atoms with E-state index in [1.165, 1.54) is 23.3 Å². The summed E-state index contributed by atoms with van der Waals surface area (Å²) in [5.41, 5.74) is 3.28. The van der Waals surface area contributed by atoms with Crippen LogP contribution < -0.4 is 0 Å². The number of aryl methyl sites for hydroxylation is 1. The number of oxazole rings is 1. The third kappa shape index (κ3) is 4.19. The molecule has 1 aromatic heterocycles. The van der Waals surface area contributed by atoms with Gasteiger partial charge in [0, 0.05) is 31.5 Å². The second-order valence-electron chi connectivity index (χ2n) is 6.81. The van der Waals surface area contributed by atoms with Gasteiger partial charge in [-0.2, -0.15) is 0 Å². The van der Waals surface area contributed by atoms with E-state index in [9.17, 15) is 9.18 Å². The van der Waals surface area contributed by atoms with Crippen LogP contribution in [0.3, 0.4) is 0 Å². The zero-order valence-corrected chi connectivity index (χ0v) is 15.5. The average Bonchev–Trinajstić information content (AvgIpc) is 3.22. The Morgan fingerprint density at radius 3 is 2.57 bits per heavy atom. The third-order valence-electron chi connectivity index (χ3n) is 4.94. The summed E-state index contributed by atoms with van der Waals surface area (Å²) in [4.78, 5) is 18.6. The molecule has 0 bridgehead atoms. The molecule has 4 rings (SSSR count). The number of aromatic nitrogens is 1. The molecule has 0 spiro atoms. The number of carbonyl (C=O) groups is 1. The van der Waals surface area contributed by atoms with Crippen molar-refractivity contribution in [3.05, 3.63) is 84.1 Å². The lowest BCUT2D eigenvalue weighted by Crippen LogP contribution is -2.34. The third-order valence-corrected chi connectivity index (χ3v) is 4.94. The van der Waals surface area contributed by atoms with Crippen molar-refractivity contribution in [2.45, 2.75) is 19.3 Å². The normalized spacial score (nSPS) is 14.0. The van der Waals surface area contributed by atoms with Crippen LogP contribution in [0.2, 0.25) is 0 Å². The highest BCUT2D eigenvalue weighted by Gasteiger charge is 2.18. The Morgan fingerprint density at radius 1 is 1.07 bits per heavy atom. The summed E-state index contributed by atoms with van der Waals surface area (Å²) in [6, 6.07) is 16.3. The summed E-state index contributed by atoms with van der Waals surface area (Å²) in [6.07, 6.45) is 5.42. The first kappa shape index (κ1) is 18.2. The van der Waals surface area contributed by atoms with Gasteiger partial charge in [0.15, 0.2) is 11.7 Å². The quantitative estimate of drug-likeness (QED) is 0.647. The number of nitrogens with zero attached hydrogens (tertiary/aromatic N) is 2. The SMILES string of the molecule is O=C(CCc1ncc(-c2ccc(F)cc2)o1)N1CC=C(c2ccccc2)CC1. The Labute approximate surface area is 163 Å². The zero-order chi connectivity index (χ0) is 19.3. The Hall–Kier alpha value is -3.21. The van der Waals surface area contributed by atoms with Gasteiger partial charge in [0.2, 0.25) is 5.91 Å². The number of amides is 1. The fourth-order valence-electron chi connectivity index (χ4n) is 3.36. The fourth-order valence-corrected chi connectivity index (χ4v) is 3.36. The minimum Gasteiger partial charge on any atom is -0.441 e. The largest absolute Gasteiger partial charge is 0.441 e. The molecule has 0 aliphatic carbocycles. The van der Waals surface area contributed by atoms with Crippen LogP contribution in [0.15, 0.2) is 71.3 Å². The van der Waals surface area contributed by atoms with Crippen molar-refractivity contribution < 1.29 is 13.6 Å². The Morgan fingerprint density at radius 2 is 1.86 bits per heavy atom. The van der Waals surface area contributed by atoms with Gasteiger partial charge < -0.3 is 9.32 Å². The van der Waals surface area contributed by atoms with Gasteiger partial charge in [-0.25, -0.2) is 9.37 Å². The lowest BCUT2D eigenvalue weighted by atomic mass is 9.99. The molecule has 0 atom stereocenters. The van der Waals surface area contributed by atoms with E-state index in [2.05, 4.69) is 23.2 Å². The molecule has 2 heterocycles. The maximum atomic E-state index is 13.0. The molecule has 0 fully saturated rings. The van der Waals surface area contributed by atoms with Gasteiger partial charge in [0.05, 0.1) is 6.20 Å². The molecule has 0 unspecified atom stereocenters. The van der Waals surface area contributed by atoms with E-state index in [1.54, 1.807) is 18.3 Å². The number of benzene rings is 2. The van der Waals surface area contributed by atoms with Gasteiger partial charge in [-0.05, 0) is 41.8 Å². The maximum absolute atomic E-state index is 13.0. The number of hydrogen-bond acceptors (Lipinski definition) is 3. The summed E-state index contributed by atoms with van der Waals surface area (Å²) >= 11 is 0. The van der Waals surface area contributed by atoms with Crippen molar-refractivity contribution in [2.24, 2.45) is 0 Å². The maximum Gasteiger partial charge on any atom is 0.223 e. The van der Waals surface area contributed by atoms with E-state index >= 15 is 0 Å². The van der Waals surface area contributed by atoms with Crippen LogP contribution >= 0.6 is 0 Å². The summed E-state index contributed by atoms with van der Waals surface area (Å²) in [7, 11) is 0. The summed E-state index contributed by atoms with van der Waals surface area (Å²) in [6.45, 7) is 1.36. The smallest absolute Gasteiger partial charge is 0.223 e. The first-order valence-electron chi connectivity index (χ1n) is 9.42. The van der Waals surface area contributed by atoms with Crippen LogP contribution in [0.4, 0.5) is 4.39 Å². The van der Waals surface area contributed by atoms with E-state index < -0.39 is 0 Å². The van der Waals surface area contributed by atoms with Gasteiger partial charge in [-0.1, -0.05) is 36.4 Å². The highest BCUT2D eigenvalue weighted by atomic mass is 19.1. The van der Waals surface area contributed by atoms with Gasteiger partial charge in [-0.3, -0.25) is 4.79 Å². The first-order chi connectivity index (χ1) is 13.7. The fraction of sp³-hybridized carbons (Fsp3) is 0.217. The summed E-state index contributed by atoms with van der Waals surface area (Å²) in [5, 5.41) is 0. The predicted octanol–water partition coefficient (Wildman–Crippen LogP) is 4.73. The molecule has 0 saturated heterocycles. The molecule has 142 valence electrons. The topological polar surface area (TPSA) is 46.3 Å². The van der Waals surface area contributed by atoms with Gasteiger partial charge in [0.1, 0.15) is 5.82 Å². The minimum atomic E-state index is -0.292. The molecule has 0 radical (unpaired) electrons. The molecule has 1 amide bonds. The lowest BCUT2D eigenvalue weighted by Gasteiger charge is -2.26. The van der Waals surface area contributed by atoms with Crippen LogP contribution in [-0.4, -0.2) is 28.9 Å². The van der Waals surface area contributed by atoms with Crippen LogP contribution in [0.1, 0.15) is 24.3 Å². The Bertz CT molecular complexity index is 977. The van der Waals surface area contributed by atoms with Crippen LogP contribution in [-0.2, 0) is 11.2 Å². The van der Waals surface area contributed by atoms with E-state index in [4.69, 9.17) is 4.42 Å². The Kier molecular flexibility index (Phi) is 5.33. The number of halogens is 1. The van der Waals surface area contributed by atoms with Crippen molar-refractivity contribution in [3.8, 4) is 11.3 Å². The van der Waals surface area contributed by atoms with E-state index in [-0.39, 0.29) is 11.7 Å². The molecule has 0 N–H and O–H groups in total. The molecule has 3 aromatic rings. The van der Waals surface area contributed by atoms with Crippen molar-refractivity contribution in [2.75, 3.05) is 13.1 Å². The van der Waals surface area contributed by atoms with Crippen molar-refractivity contribution >= 4 is 11.5 Å². The van der Waals surface area contributed by atoms with Crippen molar-refractivity contribution in [1.82, 2.24) is 9.88 Å². The highest BCUT2D eigenvalue weighted by molar-refractivity contribution is 5.78. The molecule has 2 aromatic carbocycles. The standard InChI is InChI=1S/C23H21FN2O2/c24-20-8-6-19(7-9-20)21-16-25-22(28-21)10-11-23(27)26-14-12-18(13-15-26)17-4-2-1-3-5-17/h1-9,12,16H,10-11,13-15H2. The van der Waals surface area contributed by atoms with Gasteiger partial charge >= 0.3 is 0 Å². The Balaban J connectivity index is 1.32. The number of rotatable bonds is 5. The zero-order valence-electron chi connectivity index (χ0n) is 15.5. The van der Waals surface area contributed by atoms with Crippen LogP contribution in [0.25, 0.3) is 16.9 Å². The predicted molar refractivity (Wildman–Crippen MR) is 106 cm³/mol. The van der Waals surface area contributed by atoms with Crippen LogP contribution in [0.5, 0.6) is 0 Å². The molecule has 28 heavy (non-hydrogen) atoms. The molecular weight excluding hydrogens is 355 g/mol. The van der Waals surface area contributed by atoms with Crippen molar-refractivity contribution in [1.29, 1.82) is 0 Å². The van der Waals surface area contributed by atoms with Gasteiger partial charge in [0.25, 0.3) is 0 Å². The lowest BCUT2D eigenvalue weighted by molar-refractivity contribution is -0.130.